The minimum Gasteiger partial charge on any atom is -0.508 e. The van der Waals surface area contributed by atoms with Gasteiger partial charge in [-0.1, -0.05) is 25.8 Å². The van der Waals surface area contributed by atoms with Crippen LogP contribution in [0.15, 0.2) is 24.3 Å². The summed E-state index contributed by atoms with van der Waals surface area (Å²) in [6.45, 7) is 8.01. The number of phenolic OH excluding ortho intramolecular Hbond substituents is 1. The van der Waals surface area contributed by atoms with Gasteiger partial charge in [-0.05, 0) is 62.4 Å². The Hall–Kier alpha value is -4.27. The number of piperazine rings is 1. The van der Waals surface area contributed by atoms with Crippen LogP contribution in [-0.2, 0) is 0 Å². The number of phenols is 1. The largest absolute Gasteiger partial charge is 0.508 e. The molecule has 0 unspecified atom stereocenters. The van der Waals surface area contributed by atoms with Crippen LogP contribution in [0.25, 0.3) is 32.9 Å². The number of anilines is 1. The van der Waals surface area contributed by atoms with Crippen molar-refractivity contribution in [3.05, 3.63) is 41.5 Å². The molecule has 0 spiro atoms. The molecular formula is C35H38F2N6O3. The molecule has 4 atom stereocenters. The van der Waals surface area contributed by atoms with E-state index in [9.17, 15) is 9.50 Å². The Bertz CT molecular complexity index is 1890. The lowest BCUT2D eigenvalue weighted by Gasteiger charge is -2.43. The number of terminal acetylenes is 1. The first-order valence-electron chi connectivity index (χ1n) is 15.8. The van der Waals surface area contributed by atoms with E-state index >= 15 is 4.39 Å². The van der Waals surface area contributed by atoms with Gasteiger partial charge < -0.3 is 29.7 Å². The highest BCUT2D eigenvalue weighted by molar-refractivity contribution is 6.04. The number of methoxy groups -OCH3 is 1. The molecule has 0 aliphatic carbocycles. The number of nitrogens with one attached hydrogen (secondary N) is 1. The van der Waals surface area contributed by atoms with Gasteiger partial charge in [-0.3, -0.25) is 0 Å². The van der Waals surface area contributed by atoms with Crippen LogP contribution in [0.4, 0.5) is 14.6 Å². The number of nitrogens with zero attached hydrogens (tertiary/aromatic N) is 5. The second-order valence-corrected chi connectivity index (χ2v) is 13.4. The van der Waals surface area contributed by atoms with Crippen molar-refractivity contribution in [2.45, 2.75) is 45.2 Å². The van der Waals surface area contributed by atoms with Crippen LogP contribution in [0.2, 0.25) is 0 Å². The highest BCUT2D eigenvalue weighted by atomic mass is 19.1. The van der Waals surface area contributed by atoms with Gasteiger partial charge in [0.1, 0.15) is 34.0 Å². The van der Waals surface area contributed by atoms with E-state index in [0.29, 0.717) is 42.2 Å². The summed E-state index contributed by atoms with van der Waals surface area (Å²) in [6.07, 6.45) is 8.85. The first-order chi connectivity index (χ1) is 22.1. The predicted molar refractivity (Wildman–Crippen MR) is 173 cm³/mol. The quantitative estimate of drug-likeness (QED) is 0.282. The van der Waals surface area contributed by atoms with Gasteiger partial charge in [0.25, 0.3) is 0 Å². The van der Waals surface area contributed by atoms with Gasteiger partial charge in [0.05, 0.1) is 19.3 Å². The molecule has 3 fully saturated rings. The van der Waals surface area contributed by atoms with Gasteiger partial charge in [-0.25, -0.2) is 13.8 Å². The summed E-state index contributed by atoms with van der Waals surface area (Å²) in [4.78, 5) is 18.6. The summed E-state index contributed by atoms with van der Waals surface area (Å²) in [7, 11) is 3.56. The van der Waals surface area contributed by atoms with E-state index in [1.165, 1.54) is 31.4 Å². The Morgan fingerprint density at radius 3 is 2.59 bits per heavy atom. The minimum absolute atomic E-state index is 0.0400. The zero-order valence-electron chi connectivity index (χ0n) is 26.5. The Morgan fingerprint density at radius 2 is 1.87 bits per heavy atom. The first-order valence-corrected chi connectivity index (χ1v) is 15.8. The van der Waals surface area contributed by atoms with Crippen molar-refractivity contribution in [3.8, 4) is 41.2 Å². The number of pyridine rings is 1. The van der Waals surface area contributed by atoms with Crippen LogP contribution in [-0.4, -0.2) is 84.0 Å². The molecule has 7 rings (SSSR count). The molecule has 9 nitrogen and oxygen atoms in total. The summed E-state index contributed by atoms with van der Waals surface area (Å²) < 4.78 is 44.1. The topological polar surface area (TPSA) is 95.9 Å². The first kappa shape index (κ1) is 30.4. The SMILES string of the molecule is C#Cc1c(F)ccc2cc(O)cc(-c3nc(OC)c4c(N5C[C@H]6CC[C@@H](C5)N6)nc(OC[C@]5(C)CN(C)CC[C@@H]5C)nc4c3F)c12. The van der Waals surface area contributed by atoms with Gasteiger partial charge in [0.15, 0.2) is 5.82 Å². The number of hydrogen-bond donors (Lipinski definition) is 2. The summed E-state index contributed by atoms with van der Waals surface area (Å²) in [5, 5.41) is 15.3. The van der Waals surface area contributed by atoms with E-state index in [4.69, 9.17) is 20.9 Å². The smallest absolute Gasteiger partial charge is 0.319 e. The number of halogens is 2. The number of piperidine rings is 1. The molecule has 2 aromatic heterocycles. The molecular weight excluding hydrogens is 590 g/mol. The second kappa shape index (κ2) is 11.5. The van der Waals surface area contributed by atoms with E-state index < -0.39 is 11.6 Å². The fourth-order valence-electron chi connectivity index (χ4n) is 7.48. The van der Waals surface area contributed by atoms with E-state index in [1.807, 2.05) is 0 Å². The van der Waals surface area contributed by atoms with Gasteiger partial charge in [-0.2, -0.15) is 9.97 Å². The van der Waals surface area contributed by atoms with Crippen LogP contribution in [0.3, 0.4) is 0 Å². The number of hydrogen-bond acceptors (Lipinski definition) is 9. The molecule has 0 saturated carbocycles. The summed E-state index contributed by atoms with van der Waals surface area (Å²) in [5.41, 5.74) is -0.319. The van der Waals surface area contributed by atoms with Crippen LogP contribution in [0, 0.1) is 35.3 Å². The molecule has 11 heteroatoms. The molecule has 46 heavy (non-hydrogen) atoms. The van der Waals surface area contributed by atoms with Crippen molar-refractivity contribution in [1.29, 1.82) is 0 Å². The lowest BCUT2D eigenvalue weighted by atomic mass is 9.74. The Kier molecular flexibility index (Phi) is 7.60. The van der Waals surface area contributed by atoms with Gasteiger partial charge in [0.2, 0.25) is 5.88 Å². The lowest BCUT2D eigenvalue weighted by Crippen LogP contribution is -2.51. The highest BCUT2D eigenvalue weighted by Gasteiger charge is 2.38. The zero-order chi connectivity index (χ0) is 32.3. The number of benzene rings is 2. The molecule has 2 N–H and O–H groups in total. The third kappa shape index (κ3) is 5.13. The highest BCUT2D eigenvalue weighted by Crippen LogP contribution is 2.43. The Balaban J connectivity index is 1.43. The van der Waals surface area contributed by atoms with Gasteiger partial charge >= 0.3 is 6.01 Å². The monoisotopic (exact) mass is 628 g/mol. The molecule has 3 aliphatic heterocycles. The molecule has 0 radical (unpaired) electrons. The minimum atomic E-state index is -0.779. The number of aromatic hydroxyl groups is 1. The third-order valence-corrected chi connectivity index (χ3v) is 10.2. The van der Waals surface area contributed by atoms with Gasteiger partial charge in [-0.15, -0.1) is 6.42 Å². The fraction of sp³-hybridized carbons (Fsp3) is 0.457. The van der Waals surface area contributed by atoms with Crippen molar-refractivity contribution in [1.82, 2.24) is 25.2 Å². The normalized spacial score (nSPS) is 24.8. The molecule has 2 bridgehead atoms. The second-order valence-electron chi connectivity index (χ2n) is 13.4. The van der Waals surface area contributed by atoms with Crippen molar-refractivity contribution in [3.63, 3.8) is 0 Å². The molecule has 3 aliphatic rings. The fourth-order valence-corrected chi connectivity index (χ4v) is 7.48. The predicted octanol–water partition coefficient (Wildman–Crippen LogP) is 5.12. The number of fused-ring (bicyclic) bond motifs is 4. The van der Waals surface area contributed by atoms with Gasteiger partial charge in [0, 0.05) is 48.1 Å². The van der Waals surface area contributed by atoms with E-state index in [-0.39, 0.29) is 62.9 Å². The zero-order valence-corrected chi connectivity index (χ0v) is 26.5. The van der Waals surface area contributed by atoms with Crippen LogP contribution in [0.5, 0.6) is 17.6 Å². The molecule has 3 saturated heterocycles. The lowest BCUT2D eigenvalue weighted by molar-refractivity contribution is 0.0192. The average molecular weight is 629 g/mol. The standard InChI is InChI=1S/C35H38F2N6O3/c1-6-24-26(36)10-7-20-13-23(44)14-25(27(20)24)30-29(37)31-28(33(39-30)45-5)32(43-15-21-8-9-22(16-43)38-21)41-34(40-31)46-18-35(3)17-42(4)12-11-19(35)2/h1,7,10,13-14,19,21-22,38,44H,8-9,11-12,15-18H2,2-5H3/t19-,21-,22+,35-/m0/s1. The van der Waals surface area contributed by atoms with Crippen LogP contribution >= 0.6 is 0 Å². The average Bonchev–Trinajstić information content (AvgIpc) is 3.38. The summed E-state index contributed by atoms with van der Waals surface area (Å²) >= 11 is 0. The van der Waals surface area contributed by atoms with Crippen molar-refractivity contribution in [2.24, 2.45) is 11.3 Å². The molecule has 240 valence electrons. The molecule has 0 amide bonds. The third-order valence-electron chi connectivity index (χ3n) is 10.2. The maximum Gasteiger partial charge on any atom is 0.319 e. The molecule has 4 aromatic rings. The maximum absolute atomic E-state index is 17.0. The van der Waals surface area contributed by atoms with E-state index in [1.54, 1.807) is 0 Å². The van der Waals surface area contributed by atoms with Crippen LogP contribution < -0.4 is 19.7 Å². The van der Waals surface area contributed by atoms with E-state index in [2.05, 4.69) is 51.9 Å². The van der Waals surface area contributed by atoms with Crippen molar-refractivity contribution >= 4 is 27.5 Å². The van der Waals surface area contributed by atoms with Crippen molar-refractivity contribution in [2.75, 3.05) is 51.8 Å². The van der Waals surface area contributed by atoms with Crippen molar-refractivity contribution < 1.29 is 23.4 Å². The summed E-state index contributed by atoms with van der Waals surface area (Å²) in [5.74, 6) is 1.81. The Morgan fingerprint density at radius 1 is 1.11 bits per heavy atom. The number of likely N-dealkylation sites (tertiary alicyclic amines) is 1. The Labute approximate surface area is 266 Å². The number of aromatic nitrogens is 3. The number of rotatable bonds is 6. The summed E-state index contributed by atoms with van der Waals surface area (Å²) in [6, 6.07) is 6.11. The number of ether oxygens (including phenoxy) is 2. The maximum atomic E-state index is 17.0. The van der Waals surface area contributed by atoms with Crippen LogP contribution in [0.1, 0.15) is 38.7 Å². The van der Waals surface area contributed by atoms with E-state index in [0.717, 1.165) is 32.4 Å². The molecule has 5 heterocycles. The molecule has 2 aromatic carbocycles.